The Bertz CT molecular complexity index is 767. The molecule has 3 rings (SSSR count). The van der Waals surface area contributed by atoms with Crippen molar-refractivity contribution in [3.63, 3.8) is 0 Å². The molecule has 2 heterocycles. The van der Waals surface area contributed by atoms with Crippen molar-refractivity contribution >= 4 is 17.5 Å². The standard InChI is InChI=1S/C19H23ClN2O3/c1-11-9-14-10-15(24-4)5-6-17(14)13(3)22(11)18(23)8-7-16-12(2)21-25-19(16)20/h5-6,10-11,13H,7-9H2,1-4H3. The first kappa shape index (κ1) is 17.8. The molecule has 0 bridgehead atoms. The summed E-state index contributed by atoms with van der Waals surface area (Å²) in [5, 5.41) is 4.12. The first-order valence-corrected chi connectivity index (χ1v) is 8.88. The molecule has 0 N–H and O–H groups in total. The van der Waals surface area contributed by atoms with Crippen LogP contribution in [0.4, 0.5) is 0 Å². The summed E-state index contributed by atoms with van der Waals surface area (Å²) in [6.45, 7) is 6.01. The molecule has 1 aliphatic heterocycles. The number of fused-ring (bicyclic) bond motifs is 1. The molecule has 2 aromatic rings. The van der Waals surface area contributed by atoms with Gasteiger partial charge in [-0.3, -0.25) is 4.79 Å². The van der Waals surface area contributed by atoms with Crippen molar-refractivity contribution in [3.8, 4) is 5.75 Å². The van der Waals surface area contributed by atoms with Gasteiger partial charge in [-0.2, -0.15) is 0 Å². The van der Waals surface area contributed by atoms with Crippen molar-refractivity contribution in [2.75, 3.05) is 7.11 Å². The third-order valence-corrected chi connectivity index (χ3v) is 5.32. The van der Waals surface area contributed by atoms with Gasteiger partial charge in [0.2, 0.25) is 11.1 Å². The van der Waals surface area contributed by atoms with Crippen LogP contribution in [0.3, 0.4) is 0 Å². The molecule has 0 saturated carbocycles. The maximum absolute atomic E-state index is 12.9. The van der Waals surface area contributed by atoms with Crippen molar-refractivity contribution in [3.05, 3.63) is 45.8 Å². The molecule has 134 valence electrons. The van der Waals surface area contributed by atoms with Crippen molar-refractivity contribution in [1.82, 2.24) is 10.1 Å². The zero-order valence-electron chi connectivity index (χ0n) is 15.0. The fraction of sp³-hybridized carbons (Fsp3) is 0.474. The lowest BCUT2D eigenvalue weighted by Gasteiger charge is -2.40. The molecule has 1 amide bonds. The summed E-state index contributed by atoms with van der Waals surface area (Å²) in [5.41, 5.74) is 4.00. The van der Waals surface area contributed by atoms with Crippen LogP contribution in [0.25, 0.3) is 0 Å². The van der Waals surface area contributed by atoms with Gasteiger partial charge in [0.25, 0.3) is 0 Å². The van der Waals surface area contributed by atoms with E-state index in [0.29, 0.717) is 12.8 Å². The Kier molecular flexibility index (Phi) is 5.04. The van der Waals surface area contributed by atoms with Crippen LogP contribution in [-0.2, 0) is 17.6 Å². The monoisotopic (exact) mass is 362 g/mol. The molecule has 0 saturated heterocycles. The molecule has 0 aliphatic carbocycles. The molecule has 0 radical (unpaired) electrons. The number of hydrogen-bond acceptors (Lipinski definition) is 4. The predicted octanol–water partition coefficient (Wildman–Crippen LogP) is 4.11. The number of carbonyl (C=O) groups excluding carboxylic acids is 1. The van der Waals surface area contributed by atoms with Crippen molar-refractivity contribution in [2.45, 2.75) is 52.1 Å². The molecule has 2 unspecified atom stereocenters. The number of amides is 1. The van der Waals surface area contributed by atoms with Crippen LogP contribution in [0.15, 0.2) is 22.7 Å². The number of ether oxygens (including phenoxy) is 1. The van der Waals surface area contributed by atoms with E-state index in [1.807, 2.05) is 17.9 Å². The third kappa shape index (κ3) is 3.38. The van der Waals surface area contributed by atoms with E-state index < -0.39 is 0 Å². The quantitative estimate of drug-likeness (QED) is 0.821. The molecule has 0 fully saturated rings. The van der Waals surface area contributed by atoms with Crippen molar-refractivity contribution in [1.29, 1.82) is 0 Å². The zero-order chi connectivity index (χ0) is 18.1. The van der Waals surface area contributed by atoms with Gasteiger partial charge in [-0.05, 0) is 68.5 Å². The lowest BCUT2D eigenvalue weighted by molar-refractivity contribution is -0.136. The van der Waals surface area contributed by atoms with E-state index in [0.717, 1.165) is 23.4 Å². The smallest absolute Gasteiger partial charge is 0.229 e. The van der Waals surface area contributed by atoms with Gasteiger partial charge in [-0.25, -0.2) is 0 Å². The molecule has 25 heavy (non-hydrogen) atoms. The average Bonchev–Trinajstić information content (AvgIpc) is 2.90. The highest BCUT2D eigenvalue weighted by Gasteiger charge is 2.32. The van der Waals surface area contributed by atoms with E-state index in [4.69, 9.17) is 20.9 Å². The number of aromatic nitrogens is 1. The Morgan fingerprint density at radius 3 is 2.84 bits per heavy atom. The highest BCUT2D eigenvalue weighted by molar-refractivity contribution is 6.29. The van der Waals surface area contributed by atoms with Crippen molar-refractivity contribution in [2.24, 2.45) is 0 Å². The molecule has 1 aliphatic rings. The Morgan fingerprint density at radius 2 is 2.20 bits per heavy atom. The second kappa shape index (κ2) is 7.08. The maximum Gasteiger partial charge on any atom is 0.229 e. The van der Waals surface area contributed by atoms with Crippen LogP contribution in [0, 0.1) is 6.92 Å². The van der Waals surface area contributed by atoms with Gasteiger partial charge >= 0.3 is 0 Å². The SMILES string of the molecule is COc1ccc2c(c1)CC(C)N(C(=O)CCc1c(C)noc1Cl)C2C. The van der Waals surface area contributed by atoms with Gasteiger partial charge in [0.05, 0.1) is 18.8 Å². The molecule has 2 atom stereocenters. The van der Waals surface area contributed by atoms with E-state index in [2.05, 4.69) is 31.1 Å². The van der Waals surface area contributed by atoms with Gasteiger partial charge in [0.15, 0.2) is 0 Å². The van der Waals surface area contributed by atoms with Crippen LogP contribution in [0.2, 0.25) is 5.22 Å². The molecule has 1 aromatic heterocycles. The second-order valence-electron chi connectivity index (χ2n) is 6.62. The third-order valence-electron chi connectivity index (χ3n) is 5.02. The average molecular weight is 363 g/mol. The van der Waals surface area contributed by atoms with Gasteiger partial charge in [-0.15, -0.1) is 0 Å². The Balaban J connectivity index is 1.76. The summed E-state index contributed by atoms with van der Waals surface area (Å²) < 4.78 is 10.3. The second-order valence-corrected chi connectivity index (χ2v) is 6.96. The van der Waals surface area contributed by atoms with Crippen LogP contribution in [-0.4, -0.2) is 29.1 Å². The fourth-order valence-corrected chi connectivity index (χ4v) is 3.97. The summed E-state index contributed by atoms with van der Waals surface area (Å²) in [5.74, 6) is 0.980. The molecule has 6 heteroatoms. The lowest BCUT2D eigenvalue weighted by atomic mass is 9.89. The van der Waals surface area contributed by atoms with E-state index in [1.54, 1.807) is 7.11 Å². The predicted molar refractivity (Wildman–Crippen MR) is 96.0 cm³/mol. The van der Waals surface area contributed by atoms with Crippen LogP contribution in [0.1, 0.15) is 48.7 Å². The normalized spacial score (nSPS) is 19.6. The largest absolute Gasteiger partial charge is 0.497 e. The first-order chi connectivity index (χ1) is 11.9. The lowest BCUT2D eigenvalue weighted by Crippen LogP contribution is -2.45. The van der Waals surface area contributed by atoms with Crippen LogP contribution < -0.4 is 4.74 Å². The molecule has 5 nitrogen and oxygen atoms in total. The number of aryl methyl sites for hydroxylation is 1. The fourth-order valence-electron chi connectivity index (χ4n) is 3.70. The maximum atomic E-state index is 12.9. The van der Waals surface area contributed by atoms with E-state index >= 15 is 0 Å². The van der Waals surface area contributed by atoms with Gasteiger partial charge in [0.1, 0.15) is 5.75 Å². The summed E-state index contributed by atoms with van der Waals surface area (Å²) in [6.07, 6.45) is 1.76. The number of hydrogen-bond donors (Lipinski definition) is 0. The Hall–Kier alpha value is -2.01. The van der Waals surface area contributed by atoms with E-state index in [-0.39, 0.29) is 23.2 Å². The zero-order valence-corrected chi connectivity index (χ0v) is 15.8. The van der Waals surface area contributed by atoms with Crippen molar-refractivity contribution < 1.29 is 14.1 Å². The highest BCUT2D eigenvalue weighted by atomic mass is 35.5. The minimum Gasteiger partial charge on any atom is -0.497 e. The van der Waals surface area contributed by atoms with Crippen LogP contribution in [0.5, 0.6) is 5.75 Å². The first-order valence-electron chi connectivity index (χ1n) is 8.51. The molecule has 0 spiro atoms. The summed E-state index contributed by atoms with van der Waals surface area (Å²) in [6, 6.07) is 6.27. The molecular weight excluding hydrogens is 340 g/mol. The number of halogens is 1. The minimum absolute atomic E-state index is 0.0381. The van der Waals surface area contributed by atoms with E-state index in [1.165, 1.54) is 11.1 Å². The number of rotatable bonds is 4. The topological polar surface area (TPSA) is 55.6 Å². The number of methoxy groups -OCH3 is 1. The number of nitrogens with zero attached hydrogens (tertiary/aromatic N) is 2. The minimum atomic E-state index is 0.0381. The van der Waals surface area contributed by atoms with Gasteiger partial charge < -0.3 is 14.2 Å². The summed E-state index contributed by atoms with van der Waals surface area (Å²) in [4.78, 5) is 14.9. The van der Waals surface area contributed by atoms with E-state index in [9.17, 15) is 4.79 Å². The highest BCUT2D eigenvalue weighted by Crippen LogP contribution is 2.35. The van der Waals surface area contributed by atoms with Crippen LogP contribution >= 0.6 is 11.6 Å². The molecular formula is C19H23ClN2O3. The van der Waals surface area contributed by atoms with Gasteiger partial charge in [0, 0.05) is 18.0 Å². The van der Waals surface area contributed by atoms with Gasteiger partial charge in [-0.1, -0.05) is 11.2 Å². The number of benzene rings is 1. The Morgan fingerprint density at radius 1 is 1.44 bits per heavy atom. The Labute approximate surface area is 152 Å². The number of carbonyl (C=O) groups is 1. The summed E-state index contributed by atoms with van der Waals surface area (Å²) in [7, 11) is 1.67. The summed E-state index contributed by atoms with van der Waals surface area (Å²) >= 11 is 6.00. The molecule has 1 aromatic carbocycles.